The van der Waals surface area contributed by atoms with Crippen molar-refractivity contribution in [2.75, 3.05) is 19.6 Å². The van der Waals surface area contributed by atoms with Crippen LogP contribution in [0.5, 0.6) is 0 Å². The van der Waals surface area contributed by atoms with Crippen molar-refractivity contribution in [2.45, 2.75) is 26.2 Å². The van der Waals surface area contributed by atoms with Gasteiger partial charge in [0, 0.05) is 13.1 Å². The first-order chi connectivity index (χ1) is 6.75. The maximum atomic E-state index is 11.8. The summed E-state index contributed by atoms with van der Waals surface area (Å²) in [5.41, 5.74) is -0.227. The summed E-state index contributed by atoms with van der Waals surface area (Å²) in [6, 6.07) is 2.01. The molecule has 0 spiro atoms. The van der Waals surface area contributed by atoms with Gasteiger partial charge in [-0.15, -0.1) is 0 Å². The molecule has 1 fully saturated rings. The molecular weight excluding hydrogens is 178 g/mol. The van der Waals surface area contributed by atoms with Gasteiger partial charge in [0.05, 0.1) is 17.9 Å². The fourth-order valence-corrected chi connectivity index (χ4v) is 1.82. The molecule has 14 heavy (non-hydrogen) atoms. The Morgan fingerprint density at radius 1 is 1.71 bits per heavy atom. The Hall–Kier alpha value is -1.08. The van der Waals surface area contributed by atoms with E-state index >= 15 is 0 Å². The number of nitrogens with zero attached hydrogens (tertiary/aromatic N) is 1. The summed E-state index contributed by atoms with van der Waals surface area (Å²) in [5.74, 6) is 0.0975. The molecule has 1 heterocycles. The molecule has 0 saturated carbocycles. The van der Waals surface area contributed by atoms with Crippen LogP contribution in [0.15, 0.2) is 0 Å². The van der Waals surface area contributed by atoms with Crippen LogP contribution in [0.4, 0.5) is 0 Å². The Morgan fingerprint density at radius 3 is 3.00 bits per heavy atom. The normalized spacial score (nSPS) is 25.7. The van der Waals surface area contributed by atoms with E-state index in [4.69, 9.17) is 5.26 Å². The zero-order valence-electron chi connectivity index (χ0n) is 8.60. The third kappa shape index (κ3) is 2.24. The lowest BCUT2D eigenvalue weighted by atomic mass is 9.83. The summed E-state index contributed by atoms with van der Waals surface area (Å²) in [6.07, 6.45) is 2.15. The van der Waals surface area contributed by atoms with Crippen molar-refractivity contribution in [1.82, 2.24) is 10.6 Å². The average Bonchev–Trinajstić information content (AvgIpc) is 2.67. The minimum absolute atomic E-state index is 0.0975. The molecule has 0 aromatic carbocycles. The standard InChI is InChI=1S/C10H17N3O/c1-2-10(4-7-12-8-10)9(14)13-6-3-5-11/h12H,2-4,6-8H2,1H3,(H,13,14). The first-order valence-corrected chi connectivity index (χ1v) is 5.11. The van der Waals surface area contributed by atoms with E-state index in [0.717, 1.165) is 25.9 Å². The Labute approximate surface area is 84.7 Å². The highest BCUT2D eigenvalue weighted by Gasteiger charge is 2.38. The molecule has 78 valence electrons. The number of nitrogens with one attached hydrogen (secondary N) is 2. The van der Waals surface area contributed by atoms with Gasteiger partial charge in [-0.25, -0.2) is 0 Å². The van der Waals surface area contributed by atoms with Gasteiger partial charge in [-0.05, 0) is 19.4 Å². The summed E-state index contributed by atoms with van der Waals surface area (Å²) in [4.78, 5) is 11.8. The second-order valence-electron chi connectivity index (χ2n) is 3.72. The molecule has 0 radical (unpaired) electrons. The molecule has 0 aliphatic carbocycles. The van der Waals surface area contributed by atoms with Gasteiger partial charge >= 0.3 is 0 Å². The van der Waals surface area contributed by atoms with Crippen molar-refractivity contribution in [3.05, 3.63) is 0 Å². The topological polar surface area (TPSA) is 64.9 Å². The molecule has 1 atom stereocenters. The summed E-state index contributed by atoms with van der Waals surface area (Å²) in [6.45, 7) is 4.19. The van der Waals surface area contributed by atoms with Gasteiger partial charge in [0.25, 0.3) is 0 Å². The summed E-state index contributed by atoms with van der Waals surface area (Å²) < 4.78 is 0. The molecule has 4 nitrogen and oxygen atoms in total. The Bertz CT molecular complexity index is 238. The molecule has 1 saturated heterocycles. The third-order valence-electron chi connectivity index (χ3n) is 2.92. The van der Waals surface area contributed by atoms with E-state index in [-0.39, 0.29) is 11.3 Å². The maximum Gasteiger partial charge on any atom is 0.227 e. The van der Waals surface area contributed by atoms with Crippen molar-refractivity contribution < 1.29 is 4.79 Å². The largest absolute Gasteiger partial charge is 0.355 e. The predicted molar refractivity (Wildman–Crippen MR) is 53.5 cm³/mol. The quantitative estimate of drug-likeness (QED) is 0.638. The zero-order chi connectivity index (χ0) is 10.4. The number of amides is 1. The Kier molecular flexibility index (Phi) is 3.90. The summed E-state index contributed by atoms with van der Waals surface area (Å²) in [5, 5.41) is 14.4. The Morgan fingerprint density at radius 2 is 2.50 bits per heavy atom. The molecule has 2 N–H and O–H groups in total. The van der Waals surface area contributed by atoms with Crippen LogP contribution in [0.2, 0.25) is 0 Å². The summed E-state index contributed by atoms with van der Waals surface area (Å²) in [7, 11) is 0. The van der Waals surface area contributed by atoms with Crippen LogP contribution in [0, 0.1) is 16.7 Å². The molecule has 1 aliphatic rings. The lowest BCUT2D eigenvalue weighted by molar-refractivity contribution is -0.130. The van der Waals surface area contributed by atoms with E-state index in [0.29, 0.717) is 13.0 Å². The minimum atomic E-state index is -0.227. The first-order valence-electron chi connectivity index (χ1n) is 5.11. The van der Waals surface area contributed by atoms with Crippen molar-refractivity contribution in [2.24, 2.45) is 5.41 Å². The van der Waals surface area contributed by atoms with Crippen LogP contribution in [0.25, 0.3) is 0 Å². The predicted octanol–water partition coefficient (Wildman–Crippen LogP) is 0.406. The van der Waals surface area contributed by atoms with Gasteiger partial charge in [-0.1, -0.05) is 6.92 Å². The summed E-state index contributed by atoms with van der Waals surface area (Å²) >= 11 is 0. The maximum absolute atomic E-state index is 11.8. The number of rotatable bonds is 4. The monoisotopic (exact) mass is 195 g/mol. The molecule has 1 rings (SSSR count). The van der Waals surface area contributed by atoms with Crippen molar-refractivity contribution in [1.29, 1.82) is 5.26 Å². The van der Waals surface area contributed by atoms with Gasteiger partial charge < -0.3 is 10.6 Å². The van der Waals surface area contributed by atoms with E-state index in [1.54, 1.807) is 0 Å². The Balaban J connectivity index is 2.44. The number of hydrogen-bond donors (Lipinski definition) is 2. The van der Waals surface area contributed by atoms with Crippen molar-refractivity contribution in [3.8, 4) is 6.07 Å². The highest BCUT2D eigenvalue weighted by molar-refractivity contribution is 5.83. The average molecular weight is 195 g/mol. The number of carbonyl (C=O) groups is 1. The first kappa shape index (κ1) is 11.0. The zero-order valence-corrected chi connectivity index (χ0v) is 8.60. The van der Waals surface area contributed by atoms with Crippen molar-refractivity contribution >= 4 is 5.91 Å². The highest BCUT2D eigenvalue weighted by atomic mass is 16.2. The number of carbonyl (C=O) groups excluding carboxylic acids is 1. The minimum Gasteiger partial charge on any atom is -0.355 e. The lowest BCUT2D eigenvalue weighted by Gasteiger charge is -2.24. The van der Waals surface area contributed by atoms with Crippen LogP contribution in [0.3, 0.4) is 0 Å². The van der Waals surface area contributed by atoms with E-state index in [1.165, 1.54) is 0 Å². The molecule has 1 unspecified atom stereocenters. The molecule has 1 amide bonds. The molecule has 4 heteroatoms. The smallest absolute Gasteiger partial charge is 0.227 e. The van der Waals surface area contributed by atoms with E-state index in [2.05, 4.69) is 10.6 Å². The second-order valence-corrected chi connectivity index (χ2v) is 3.72. The van der Waals surface area contributed by atoms with E-state index < -0.39 is 0 Å². The fourth-order valence-electron chi connectivity index (χ4n) is 1.82. The molecule has 0 bridgehead atoms. The molecule has 0 aromatic rings. The van der Waals surface area contributed by atoms with Crippen LogP contribution < -0.4 is 10.6 Å². The third-order valence-corrected chi connectivity index (χ3v) is 2.92. The second kappa shape index (κ2) is 4.97. The lowest BCUT2D eigenvalue weighted by Crippen LogP contribution is -2.42. The highest BCUT2D eigenvalue weighted by Crippen LogP contribution is 2.29. The van der Waals surface area contributed by atoms with Crippen LogP contribution in [-0.2, 0) is 4.79 Å². The van der Waals surface area contributed by atoms with Gasteiger partial charge in [-0.2, -0.15) is 5.26 Å². The van der Waals surface area contributed by atoms with Crippen molar-refractivity contribution in [3.63, 3.8) is 0 Å². The van der Waals surface area contributed by atoms with Gasteiger partial charge in [0.1, 0.15) is 0 Å². The molecular formula is C10H17N3O. The van der Waals surface area contributed by atoms with E-state index in [9.17, 15) is 4.79 Å². The van der Waals surface area contributed by atoms with Gasteiger partial charge in [0.2, 0.25) is 5.91 Å². The van der Waals surface area contributed by atoms with Crippen LogP contribution in [-0.4, -0.2) is 25.5 Å². The van der Waals surface area contributed by atoms with E-state index in [1.807, 2.05) is 13.0 Å². The SMILES string of the molecule is CCC1(C(=O)NCCC#N)CCNC1. The fraction of sp³-hybridized carbons (Fsp3) is 0.800. The number of nitriles is 1. The number of hydrogen-bond acceptors (Lipinski definition) is 3. The molecule has 1 aliphatic heterocycles. The van der Waals surface area contributed by atoms with Crippen LogP contribution in [0.1, 0.15) is 26.2 Å². The van der Waals surface area contributed by atoms with Gasteiger partial charge in [0.15, 0.2) is 0 Å². The van der Waals surface area contributed by atoms with Crippen LogP contribution >= 0.6 is 0 Å². The van der Waals surface area contributed by atoms with Gasteiger partial charge in [-0.3, -0.25) is 4.79 Å². The molecule has 0 aromatic heterocycles.